The van der Waals surface area contributed by atoms with E-state index in [4.69, 9.17) is 4.98 Å². The minimum atomic E-state index is 0.0527. The van der Waals surface area contributed by atoms with E-state index >= 15 is 0 Å². The molecule has 1 heterocycles. The molecule has 3 heteroatoms. The zero-order valence-corrected chi connectivity index (χ0v) is 19.9. The highest BCUT2D eigenvalue weighted by atomic mass is 16.1. The van der Waals surface area contributed by atoms with Crippen molar-refractivity contribution in [1.29, 1.82) is 0 Å². The summed E-state index contributed by atoms with van der Waals surface area (Å²) in [4.78, 5) is 21.4. The van der Waals surface area contributed by atoms with Crippen LogP contribution in [-0.4, -0.2) is 9.97 Å². The summed E-state index contributed by atoms with van der Waals surface area (Å²) in [7, 11) is 0. The Balaban J connectivity index is 2.13. The van der Waals surface area contributed by atoms with Crippen molar-refractivity contribution in [3.8, 4) is 0 Å². The van der Waals surface area contributed by atoms with Gasteiger partial charge in [0.2, 0.25) is 0 Å². The molecule has 0 spiro atoms. The van der Waals surface area contributed by atoms with E-state index in [0.717, 1.165) is 17.5 Å². The van der Waals surface area contributed by atoms with Crippen LogP contribution in [0.25, 0.3) is 0 Å². The molecule has 1 aromatic heterocycles. The number of hydrogen-bond donors (Lipinski definition) is 1. The predicted octanol–water partition coefficient (Wildman–Crippen LogP) is 6.68. The average Bonchev–Trinajstić information content (AvgIpc) is 2.67. The molecule has 0 saturated heterocycles. The Hall–Kier alpha value is -1.12. The summed E-state index contributed by atoms with van der Waals surface area (Å²) in [5.41, 5.74) is 3.25. The number of aromatic nitrogens is 2. The van der Waals surface area contributed by atoms with Gasteiger partial charge in [0.05, 0.1) is 5.69 Å². The van der Waals surface area contributed by atoms with Crippen molar-refractivity contribution < 1.29 is 0 Å². The number of H-pyrrole nitrogens is 1. The van der Waals surface area contributed by atoms with E-state index in [1.54, 1.807) is 0 Å². The number of nitrogens with one attached hydrogen (secondary N) is 1. The zero-order valence-electron chi connectivity index (χ0n) is 19.9. The molecular formula is C26H44N2O. The second-order valence-electron chi connectivity index (χ2n) is 11.0. The third-order valence-electron chi connectivity index (χ3n) is 8.14. The quantitative estimate of drug-likeness (QED) is 0.599. The van der Waals surface area contributed by atoms with Crippen LogP contribution in [0.4, 0.5) is 0 Å². The van der Waals surface area contributed by atoms with Crippen LogP contribution in [0.1, 0.15) is 116 Å². The van der Waals surface area contributed by atoms with E-state index in [2.05, 4.69) is 53.5 Å². The van der Waals surface area contributed by atoms with Crippen molar-refractivity contribution in [2.45, 2.75) is 105 Å². The lowest BCUT2D eigenvalue weighted by atomic mass is 9.65. The fourth-order valence-electron chi connectivity index (χ4n) is 6.37. The fourth-order valence-corrected chi connectivity index (χ4v) is 6.37. The number of hydrogen-bond acceptors (Lipinski definition) is 2. The van der Waals surface area contributed by atoms with Gasteiger partial charge in [-0.25, -0.2) is 4.98 Å². The molecule has 2 fully saturated rings. The maximum absolute atomic E-state index is 12.9. The summed E-state index contributed by atoms with van der Waals surface area (Å²) in [6.45, 7) is 16.3. The molecule has 1 aromatic rings. The average molecular weight is 401 g/mol. The highest BCUT2D eigenvalue weighted by Gasteiger charge is 2.39. The first-order valence-electron chi connectivity index (χ1n) is 12.4. The number of aryl methyl sites for hydroxylation is 1. The van der Waals surface area contributed by atoms with E-state index in [1.165, 1.54) is 49.9 Å². The second-order valence-corrected chi connectivity index (χ2v) is 11.0. The first kappa shape index (κ1) is 22.6. The van der Waals surface area contributed by atoms with E-state index < -0.39 is 0 Å². The highest BCUT2D eigenvalue weighted by Crippen LogP contribution is 2.49. The maximum Gasteiger partial charge on any atom is 0.269 e. The minimum absolute atomic E-state index is 0.0527. The first-order chi connectivity index (χ1) is 13.7. The van der Waals surface area contributed by atoms with Crippen LogP contribution in [0, 0.1) is 35.5 Å². The van der Waals surface area contributed by atoms with Gasteiger partial charge in [0, 0.05) is 17.5 Å². The van der Waals surface area contributed by atoms with Crippen LogP contribution in [0.5, 0.6) is 0 Å². The number of rotatable bonds is 5. The lowest BCUT2D eigenvalue weighted by Gasteiger charge is -2.41. The summed E-state index contributed by atoms with van der Waals surface area (Å²) < 4.78 is 0. The van der Waals surface area contributed by atoms with Crippen LogP contribution in [-0.2, 0) is 6.42 Å². The highest BCUT2D eigenvalue weighted by molar-refractivity contribution is 5.26. The van der Waals surface area contributed by atoms with Gasteiger partial charge in [-0.05, 0) is 67.6 Å². The smallest absolute Gasteiger partial charge is 0.269 e. The molecule has 1 N–H and O–H groups in total. The van der Waals surface area contributed by atoms with E-state index in [1.807, 2.05) is 0 Å². The third kappa shape index (κ3) is 4.80. The summed E-state index contributed by atoms with van der Waals surface area (Å²) in [5.74, 6) is 5.02. The Labute approximate surface area is 178 Å². The second kappa shape index (κ2) is 9.35. The minimum Gasteiger partial charge on any atom is -0.323 e. The first-order valence-corrected chi connectivity index (χ1v) is 12.4. The molecule has 0 aliphatic heterocycles. The molecule has 2 saturated carbocycles. The monoisotopic (exact) mass is 400 g/mol. The largest absolute Gasteiger partial charge is 0.323 e. The van der Waals surface area contributed by atoms with E-state index in [0.29, 0.717) is 41.9 Å². The van der Waals surface area contributed by atoms with Crippen molar-refractivity contribution >= 4 is 0 Å². The molecule has 0 amide bonds. The predicted molar refractivity (Wildman–Crippen MR) is 122 cm³/mol. The Bertz CT molecular complexity index is 735. The zero-order chi connectivity index (χ0) is 21.3. The van der Waals surface area contributed by atoms with Crippen LogP contribution in [0.2, 0.25) is 0 Å². The van der Waals surface area contributed by atoms with Gasteiger partial charge in [-0.2, -0.15) is 0 Å². The fraction of sp³-hybridized carbons (Fsp3) is 0.846. The van der Waals surface area contributed by atoms with Gasteiger partial charge in [-0.15, -0.1) is 0 Å². The lowest BCUT2D eigenvalue weighted by molar-refractivity contribution is 0.177. The molecule has 2 aliphatic rings. The lowest BCUT2D eigenvalue weighted by Crippen LogP contribution is -2.34. The molecule has 0 radical (unpaired) electrons. The Morgan fingerprint density at radius 3 is 1.93 bits per heavy atom. The van der Waals surface area contributed by atoms with Crippen molar-refractivity contribution in [2.24, 2.45) is 35.5 Å². The molecule has 3 rings (SSSR count). The number of aromatic amines is 1. The molecule has 6 atom stereocenters. The standard InChI is InChI=1S/C26H44N2O/c1-8-23-26(29)28-25(22-14-18(7)10-12-20(22)16(4)5)24(27-23)21-13-17(6)9-11-19(21)15(2)3/h15-22H,8-14H2,1-7H3,(H,28,29). The Morgan fingerprint density at radius 2 is 1.41 bits per heavy atom. The Kier molecular flexibility index (Phi) is 7.27. The van der Waals surface area contributed by atoms with Gasteiger partial charge in [0.15, 0.2) is 0 Å². The summed E-state index contributed by atoms with van der Waals surface area (Å²) in [5, 5.41) is 0. The van der Waals surface area contributed by atoms with E-state index in [-0.39, 0.29) is 5.56 Å². The van der Waals surface area contributed by atoms with Crippen LogP contribution < -0.4 is 5.56 Å². The van der Waals surface area contributed by atoms with Crippen molar-refractivity contribution in [3.05, 3.63) is 27.4 Å². The molecule has 0 bridgehead atoms. The summed E-state index contributed by atoms with van der Waals surface area (Å²) >= 11 is 0. The van der Waals surface area contributed by atoms with Crippen molar-refractivity contribution in [2.75, 3.05) is 0 Å². The molecule has 3 nitrogen and oxygen atoms in total. The molecule has 0 aromatic carbocycles. The molecule has 164 valence electrons. The van der Waals surface area contributed by atoms with Gasteiger partial charge >= 0.3 is 0 Å². The summed E-state index contributed by atoms with van der Waals surface area (Å²) in [6.07, 6.45) is 8.32. The molecular weight excluding hydrogens is 356 g/mol. The summed E-state index contributed by atoms with van der Waals surface area (Å²) in [6, 6.07) is 0. The SMILES string of the molecule is CCc1nc(C2CC(C)CCC2C(C)C)c(C2CC(C)CCC2C(C)C)[nH]c1=O. The van der Waals surface area contributed by atoms with Gasteiger partial charge in [0.25, 0.3) is 5.56 Å². The van der Waals surface area contributed by atoms with Gasteiger partial charge in [-0.1, -0.05) is 61.3 Å². The normalized spacial score (nSPS) is 33.4. The van der Waals surface area contributed by atoms with Crippen molar-refractivity contribution in [3.63, 3.8) is 0 Å². The van der Waals surface area contributed by atoms with Crippen LogP contribution in [0.15, 0.2) is 4.79 Å². The molecule has 2 aliphatic carbocycles. The topological polar surface area (TPSA) is 45.8 Å². The molecule has 6 unspecified atom stereocenters. The number of nitrogens with zero attached hydrogens (tertiary/aromatic N) is 1. The van der Waals surface area contributed by atoms with Crippen LogP contribution >= 0.6 is 0 Å². The Morgan fingerprint density at radius 1 is 0.897 bits per heavy atom. The van der Waals surface area contributed by atoms with E-state index in [9.17, 15) is 4.79 Å². The van der Waals surface area contributed by atoms with Gasteiger partial charge < -0.3 is 4.98 Å². The van der Waals surface area contributed by atoms with Gasteiger partial charge in [-0.3, -0.25) is 4.79 Å². The van der Waals surface area contributed by atoms with Crippen LogP contribution in [0.3, 0.4) is 0 Å². The van der Waals surface area contributed by atoms with Gasteiger partial charge in [0.1, 0.15) is 5.69 Å². The third-order valence-corrected chi connectivity index (χ3v) is 8.14. The maximum atomic E-state index is 12.9. The van der Waals surface area contributed by atoms with Crippen molar-refractivity contribution in [1.82, 2.24) is 9.97 Å². The molecule has 29 heavy (non-hydrogen) atoms.